The number of benzene rings is 2. The van der Waals surface area contributed by atoms with E-state index in [2.05, 4.69) is 10.6 Å². The second-order valence-corrected chi connectivity index (χ2v) is 12.2. The zero-order valence-corrected chi connectivity index (χ0v) is 23.5. The van der Waals surface area contributed by atoms with Gasteiger partial charge in [0.05, 0.1) is 10.8 Å². The topological polar surface area (TPSA) is 125 Å². The number of sulfonamides is 1. The Balaban J connectivity index is 1.38. The summed E-state index contributed by atoms with van der Waals surface area (Å²) in [6.45, 7) is 2.73. The Morgan fingerprint density at radius 1 is 1.07 bits per heavy atom. The smallest absolute Gasteiger partial charge is 0.243 e. The Labute approximate surface area is 234 Å². The number of methoxy groups -OCH3 is 1. The van der Waals surface area contributed by atoms with Gasteiger partial charge in [-0.1, -0.05) is 18.6 Å². The lowest BCUT2D eigenvalue weighted by Crippen LogP contribution is -2.49. The van der Waals surface area contributed by atoms with Crippen LogP contribution in [0.4, 0.5) is 17.1 Å². The second-order valence-electron chi connectivity index (χ2n) is 10.3. The van der Waals surface area contributed by atoms with E-state index in [4.69, 9.17) is 4.74 Å². The van der Waals surface area contributed by atoms with E-state index in [1.165, 1.54) is 35.5 Å². The van der Waals surface area contributed by atoms with Crippen LogP contribution in [0.5, 0.6) is 0 Å². The summed E-state index contributed by atoms with van der Waals surface area (Å²) in [5.74, 6) is -0.889. The Kier molecular flexibility index (Phi) is 8.07. The number of rotatable bonds is 9. The molecule has 0 aromatic heterocycles. The van der Waals surface area contributed by atoms with Crippen LogP contribution in [0, 0.1) is 0 Å². The molecule has 2 aromatic carbocycles. The third-order valence-corrected chi connectivity index (χ3v) is 9.57. The van der Waals surface area contributed by atoms with Crippen LogP contribution in [-0.2, 0) is 29.1 Å². The summed E-state index contributed by atoms with van der Waals surface area (Å²) >= 11 is 0. The van der Waals surface area contributed by atoms with E-state index in [1.54, 1.807) is 18.1 Å². The van der Waals surface area contributed by atoms with E-state index in [-0.39, 0.29) is 29.2 Å². The molecule has 3 amide bonds. The van der Waals surface area contributed by atoms with E-state index in [0.29, 0.717) is 43.8 Å². The number of carbonyl (C=O) groups is 3. The van der Waals surface area contributed by atoms with Crippen molar-refractivity contribution in [1.82, 2.24) is 4.31 Å². The summed E-state index contributed by atoms with van der Waals surface area (Å²) in [7, 11) is -2.32. The predicted octanol–water partition coefficient (Wildman–Crippen LogP) is 3.71. The first-order valence-corrected chi connectivity index (χ1v) is 15.0. The summed E-state index contributed by atoms with van der Waals surface area (Å²) in [5, 5.41) is 5.61. The van der Waals surface area contributed by atoms with E-state index in [0.717, 1.165) is 29.7 Å². The first-order chi connectivity index (χ1) is 19.2. The van der Waals surface area contributed by atoms with Crippen LogP contribution in [0.1, 0.15) is 56.1 Å². The number of hydrogen-bond donors (Lipinski definition) is 2. The molecule has 1 saturated heterocycles. The first-order valence-electron chi connectivity index (χ1n) is 13.6. The monoisotopic (exact) mass is 566 g/mol. The maximum atomic E-state index is 13.6. The van der Waals surface area contributed by atoms with Crippen molar-refractivity contribution >= 4 is 50.9 Å². The van der Waals surface area contributed by atoms with Crippen molar-refractivity contribution in [3.05, 3.63) is 53.6 Å². The molecule has 3 aliphatic rings. The summed E-state index contributed by atoms with van der Waals surface area (Å²) in [6, 6.07) is 8.73. The maximum Gasteiger partial charge on any atom is 0.243 e. The average molecular weight is 567 g/mol. The van der Waals surface area contributed by atoms with Gasteiger partial charge in [0.1, 0.15) is 6.04 Å². The highest BCUT2D eigenvalue weighted by Gasteiger charge is 2.41. The lowest BCUT2D eigenvalue weighted by Gasteiger charge is -2.34. The van der Waals surface area contributed by atoms with Crippen molar-refractivity contribution in [2.75, 3.05) is 42.3 Å². The molecule has 40 heavy (non-hydrogen) atoms. The third kappa shape index (κ3) is 5.28. The van der Waals surface area contributed by atoms with Crippen LogP contribution in [0.15, 0.2) is 47.4 Å². The van der Waals surface area contributed by atoms with Crippen LogP contribution in [0.25, 0.3) is 6.08 Å². The molecule has 0 bridgehead atoms. The van der Waals surface area contributed by atoms with Crippen molar-refractivity contribution in [3.63, 3.8) is 0 Å². The van der Waals surface area contributed by atoms with Crippen molar-refractivity contribution in [2.45, 2.75) is 55.9 Å². The highest BCUT2D eigenvalue weighted by atomic mass is 32.2. The van der Waals surface area contributed by atoms with Crippen molar-refractivity contribution in [1.29, 1.82) is 0 Å². The molecule has 10 nitrogen and oxygen atoms in total. The van der Waals surface area contributed by atoms with Crippen LogP contribution in [0.2, 0.25) is 0 Å². The Hall–Kier alpha value is -3.54. The lowest BCUT2D eigenvalue weighted by atomic mass is 9.87. The van der Waals surface area contributed by atoms with Gasteiger partial charge in [0.2, 0.25) is 27.7 Å². The third-order valence-electron chi connectivity index (χ3n) is 7.65. The molecule has 0 saturated carbocycles. The fourth-order valence-corrected chi connectivity index (χ4v) is 7.46. The largest absolute Gasteiger partial charge is 0.385 e. The van der Waals surface area contributed by atoms with E-state index in [1.807, 2.05) is 18.2 Å². The Bertz CT molecular complexity index is 1450. The van der Waals surface area contributed by atoms with Gasteiger partial charge >= 0.3 is 0 Å². The normalized spacial score (nSPS) is 20.4. The zero-order chi connectivity index (χ0) is 28.4. The van der Waals surface area contributed by atoms with Gasteiger partial charge in [-0.2, -0.15) is 4.31 Å². The molecular weight excluding hydrogens is 532 g/mol. The number of ether oxygens (including phenoxy) is 1. The standard InChI is InChI=1S/C29H34N4O6S/c1-19(34)30-20-10-12-21(13-11-20)40(37,38)33-17-4-3-9-26(33)28(35)31-24-14-15-25-27-22(24)7-5-8-23(27)29(36)32(25)16-6-18-39-2/h5,7,10-15,23,26H,3-4,6,8-9,16-18H2,1-2H3,(H,30,34)(H,31,35). The molecular formula is C29H34N4O6S. The highest BCUT2D eigenvalue weighted by Crippen LogP contribution is 2.47. The molecule has 2 aliphatic heterocycles. The molecule has 212 valence electrons. The number of hydrogen-bond acceptors (Lipinski definition) is 6. The molecule has 0 spiro atoms. The minimum Gasteiger partial charge on any atom is -0.385 e. The molecule has 2 N–H and O–H groups in total. The van der Waals surface area contributed by atoms with E-state index < -0.39 is 22.0 Å². The average Bonchev–Trinajstić information content (AvgIpc) is 3.22. The van der Waals surface area contributed by atoms with Crippen molar-refractivity contribution in [2.24, 2.45) is 0 Å². The Morgan fingerprint density at radius 2 is 1.85 bits per heavy atom. The highest BCUT2D eigenvalue weighted by molar-refractivity contribution is 7.89. The number of nitrogens with zero attached hydrogens (tertiary/aromatic N) is 2. The van der Waals surface area contributed by atoms with Crippen LogP contribution >= 0.6 is 0 Å². The molecule has 2 aromatic rings. The minimum atomic E-state index is -3.96. The number of piperidine rings is 1. The minimum absolute atomic E-state index is 0.0502. The summed E-state index contributed by atoms with van der Waals surface area (Å²) in [6.07, 6.45) is 7.00. The second kappa shape index (κ2) is 11.5. The summed E-state index contributed by atoms with van der Waals surface area (Å²) in [5.41, 5.74) is 3.62. The molecule has 1 aliphatic carbocycles. The van der Waals surface area contributed by atoms with Gasteiger partial charge in [-0.25, -0.2) is 8.42 Å². The van der Waals surface area contributed by atoms with E-state index in [9.17, 15) is 22.8 Å². The fourth-order valence-electron chi connectivity index (χ4n) is 5.80. The van der Waals surface area contributed by atoms with Gasteiger partial charge in [-0.3, -0.25) is 14.4 Å². The SMILES string of the molecule is COCCCN1C(=O)C2CC=Cc3c(NC(=O)C4CCCCN4S(=O)(=O)c4ccc(NC(C)=O)cc4)ccc1c32. The summed E-state index contributed by atoms with van der Waals surface area (Å²) in [4.78, 5) is 40.0. The molecule has 11 heteroatoms. The molecule has 5 rings (SSSR count). The number of anilines is 3. The number of amides is 3. The van der Waals surface area contributed by atoms with Crippen LogP contribution in [-0.4, -0.2) is 63.3 Å². The van der Waals surface area contributed by atoms with Gasteiger partial charge in [-0.05, 0) is 67.6 Å². The molecule has 0 radical (unpaired) electrons. The summed E-state index contributed by atoms with van der Waals surface area (Å²) < 4.78 is 33.6. The zero-order valence-electron chi connectivity index (χ0n) is 22.7. The molecule has 1 fully saturated rings. The molecule has 2 heterocycles. The van der Waals surface area contributed by atoms with Gasteiger partial charge in [0, 0.05) is 56.4 Å². The van der Waals surface area contributed by atoms with Gasteiger partial charge in [-0.15, -0.1) is 0 Å². The fraction of sp³-hybridized carbons (Fsp3) is 0.414. The lowest BCUT2D eigenvalue weighted by molar-refractivity contribution is -0.120. The Morgan fingerprint density at radius 3 is 2.58 bits per heavy atom. The van der Waals surface area contributed by atoms with E-state index >= 15 is 0 Å². The van der Waals surface area contributed by atoms with Crippen molar-refractivity contribution in [3.8, 4) is 0 Å². The number of nitrogens with one attached hydrogen (secondary N) is 2. The van der Waals surface area contributed by atoms with Crippen LogP contribution < -0.4 is 15.5 Å². The molecule has 2 unspecified atom stereocenters. The maximum absolute atomic E-state index is 13.6. The number of allylic oxidation sites excluding steroid dienone is 1. The van der Waals surface area contributed by atoms with Gasteiger partial charge in [0.25, 0.3) is 0 Å². The first kappa shape index (κ1) is 28.0. The predicted molar refractivity (Wildman–Crippen MR) is 153 cm³/mol. The quantitative estimate of drug-likeness (QED) is 0.446. The number of carbonyl (C=O) groups excluding carboxylic acids is 3. The van der Waals surface area contributed by atoms with Crippen LogP contribution in [0.3, 0.4) is 0 Å². The van der Waals surface area contributed by atoms with Crippen molar-refractivity contribution < 1.29 is 27.5 Å². The van der Waals surface area contributed by atoms with Gasteiger partial charge in [0.15, 0.2) is 0 Å². The molecule has 2 atom stereocenters. The van der Waals surface area contributed by atoms with Gasteiger partial charge < -0.3 is 20.3 Å².